The molecule has 1 fully saturated rings. The molecule has 12 heteroatoms. The second-order valence-electron chi connectivity index (χ2n) is 10.1. The third-order valence-corrected chi connectivity index (χ3v) is 6.70. The van der Waals surface area contributed by atoms with Crippen LogP contribution in [0.1, 0.15) is 46.3 Å². The van der Waals surface area contributed by atoms with Gasteiger partial charge >= 0.3 is 12.3 Å². The van der Waals surface area contributed by atoms with Crippen LogP contribution in [0.4, 0.5) is 13.2 Å². The molecule has 0 spiro atoms. The lowest BCUT2D eigenvalue weighted by atomic mass is 10.1. The van der Waals surface area contributed by atoms with Crippen LogP contribution in [0.15, 0.2) is 71.7 Å². The summed E-state index contributed by atoms with van der Waals surface area (Å²) in [7, 11) is 0. The smallest absolute Gasteiger partial charge is 0.484 e. The van der Waals surface area contributed by atoms with E-state index in [1.807, 2.05) is 17.0 Å². The molecule has 0 atom stereocenters. The number of carbonyl (C=O) groups excluding carboxylic acids is 1. The quantitative estimate of drug-likeness (QED) is 0.192. The summed E-state index contributed by atoms with van der Waals surface area (Å²) in [5, 5.41) is 8.84. The second-order valence-corrected chi connectivity index (χ2v) is 10.1. The lowest BCUT2D eigenvalue weighted by Gasteiger charge is -2.26. The number of hydrogen-bond acceptors (Lipinski definition) is 7. The van der Waals surface area contributed by atoms with E-state index < -0.39 is 18.9 Å². The summed E-state index contributed by atoms with van der Waals surface area (Å²) in [5.74, 6) is -0.308. The van der Waals surface area contributed by atoms with Gasteiger partial charge < -0.3 is 29.0 Å². The Bertz CT molecular complexity index is 1440. The zero-order valence-electron chi connectivity index (χ0n) is 24.1. The van der Waals surface area contributed by atoms with Crippen LogP contribution in [0, 0.1) is 6.92 Å². The van der Waals surface area contributed by atoms with Gasteiger partial charge in [-0.05, 0) is 85.3 Å². The molecule has 1 aliphatic rings. The lowest BCUT2D eigenvalue weighted by Crippen LogP contribution is -2.35. The fourth-order valence-electron chi connectivity index (χ4n) is 4.46. The molecule has 0 aromatic heterocycles. The number of benzene rings is 3. The Balaban J connectivity index is 1.42. The Labute approximate surface area is 252 Å². The predicted octanol–water partition coefficient (Wildman–Crippen LogP) is 6.18. The highest BCUT2D eigenvalue weighted by molar-refractivity contribution is 5.94. The van der Waals surface area contributed by atoms with Crippen LogP contribution in [0.25, 0.3) is 0 Å². The molecule has 1 aliphatic heterocycles. The van der Waals surface area contributed by atoms with E-state index in [-0.39, 0.29) is 37.3 Å². The van der Waals surface area contributed by atoms with Gasteiger partial charge in [-0.15, -0.1) is 13.2 Å². The third kappa shape index (κ3) is 10.2. The van der Waals surface area contributed by atoms with Crippen LogP contribution in [0.3, 0.4) is 0 Å². The normalized spacial score (nSPS) is 13.7. The van der Waals surface area contributed by atoms with E-state index >= 15 is 0 Å². The minimum atomic E-state index is -4.78. The Hall–Kier alpha value is -4.74. The molecule has 1 saturated heterocycles. The molecule has 0 saturated carbocycles. The summed E-state index contributed by atoms with van der Waals surface area (Å²) in [6.07, 6.45) is -1.62. The van der Waals surface area contributed by atoms with Crippen LogP contribution in [0.2, 0.25) is 0 Å². The number of piperidine rings is 1. The van der Waals surface area contributed by atoms with Crippen molar-refractivity contribution < 1.29 is 46.8 Å². The number of amides is 1. The van der Waals surface area contributed by atoms with Gasteiger partial charge in [0.1, 0.15) is 23.9 Å². The van der Waals surface area contributed by atoms with Crippen molar-refractivity contribution in [2.75, 3.05) is 26.3 Å². The van der Waals surface area contributed by atoms with E-state index in [9.17, 15) is 22.8 Å². The molecule has 0 radical (unpaired) electrons. The highest BCUT2D eigenvalue weighted by atomic mass is 19.4. The Morgan fingerprint density at radius 2 is 1.52 bits per heavy atom. The topological polar surface area (TPSA) is 107 Å². The number of carbonyl (C=O) groups is 2. The largest absolute Gasteiger partial charge is 0.573 e. The zero-order chi connectivity index (χ0) is 31.5. The average Bonchev–Trinajstić information content (AvgIpc) is 3.00. The number of aliphatic carboxylic acids is 1. The van der Waals surface area contributed by atoms with Gasteiger partial charge in [-0.1, -0.05) is 24.3 Å². The Morgan fingerprint density at radius 1 is 0.864 bits per heavy atom. The van der Waals surface area contributed by atoms with Gasteiger partial charge in [-0.3, -0.25) is 4.79 Å². The number of carboxylic acid groups (broad SMARTS) is 1. The van der Waals surface area contributed by atoms with Crippen molar-refractivity contribution in [2.45, 2.75) is 45.7 Å². The fourth-order valence-corrected chi connectivity index (χ4v) is 4.46. The fraction of sp³-hybridized carbons (Fsp3) is 0.344. The van der Waals surface area contributed by atoms with Gasteiger partial charge in [0.2, 0.25) is 5.90 Å². The van der Waals surface area contributed by atoms with Crippen molar-refractivity contribution in [3.63, 3.8) is 0 Å². The van der Waals surface area contributed by atoms with Gasteiger partial charge in [0.05, 0.1) is 6.54 Å². The molecule has 3 aromatic carbocycles. The molecular formula is C32H33F3N2O7. The number of ether oxygens (including phenoxy) is 4. The maximum Gasteiger partial charge on any atom is 0.573 e. The molecule has 1 heterocycles. The number of rotatable bonds is 12. The van der Waals surface area contributed by atoms with Gasteiger partial charge in [0.25, 0.3) is 5.91 Å². The standard InChI is InChI=1S/C32H33F3N2O7/c1-22-17-27(13-14-28(22)42-21-30(38)39)41-20-29(43-19-24-7-11-26(12-8-24)44-32(33,34)35)36-18-23-5-9-25(10-6-23)31(40)37-15-3-2-4-16-37/h5-14,17H,2-4,15-16,18-21H2,1H3,(H,38,39). The maximum absolute atomic E-state index is 12.8. The van der Waals surface area contributed by atoms with Crippen molar-refractivity contribution in [3.05, 3.63) is 89.0 Å². The second kappa shape index (κ2) is 15.1. The monoisotopic (exact) mass is 614 g/mol. The van der Waals surface area contributed by atoms with Crippen LogP contribution in [-0.4, -0.2) is 60.4 Å². The third-order valence-electron chi connectivity index (χ3n) is 6.70. The van der Waals surface area contributed by atoms with Crippen LogP contribution in [0.5, 0.6) is 17.2 Å². The van der Waals surface area contributed by atoms with Crippen molar-refractivity contribution >= 4 is 17.8 Å². The number of aryl methyl sites for hydroxylation is 1. The number of hydrogen-bond donors (Lipinski definition) is 1. The first kappa shape index (κ1) is 32.2. The molecule has 0 unspecified atom stereocenters. The summed E-state index contributed by atoms with van der Waals surface area (Å²) in [6, 6.07) is 17.4. The average molecular weight is 615 g/mol. The maximum atomic E-state index is 12.8. The minimum absolute atomic E-state index is 0.0125. The van der Waals surface area contributed by atoms with Gasteiger partial charge in [0, 0.05) is 18.7 Å². The van der Waals surface area contributed by atoms with E-state index in [4.69, 9.17) is 19.3 Å². The van der Waals surface area contributed by atoms with Crippen LogP contribution >= 0.6 is 0 Å². The van der Waals surface area contributed by atoms with E-state index in [0.717, 1.165) is 37.9 Å². The van der Waals surface area contributed by atoms with Crippen molar-refractivity contribution in [1.29, 1.82) is 0 Å². The predicted molar refractivity (Wildman–Crippen MR) is 155 cm³/mol. The number of aliphatic imine (C=N–C) groups is 1. The summed E-state index contributed by atoms with van der Waals surface area (Å²) in [6.45, 7) is 3.00. The first-order valence-electron chi connectivity index (χ1n) is 14.0. The zero-order valence-corrected chi connectivity index (χ0v) is 24.1. The minimum Gasteiger partial charge on any atom is -0.484 e. The number of nitrogens with zero attached hydrogens (tertiary/aromatic N) is 2. The van der Waals surface area contributed by atoms with Gasteiger partial charge in [0.15, 0.2) is 13.2 Å². The van der Waals surface area contributed by atoms with Crippen LogP contribution < -0.4 is 14.2 Å². The first-order valence-corrected chi connectivity index (χ1v) is 14.0. The highest BCUT2D eigenvalue weighted by Gasteiger charge is 2.31. The van der Waals surface area contributed by atoms with E-state index in [1.54, 1.807) is 37.3 Å². The molecule has 0 bridgehead atoms. The molecule has 1 amide bonds. The van der Waals surface area contributed by atoms with Crippen molar-refractivity contribution in [1.82, 2.24) is 4.90 Å². The molecule has 0 aliphatic carbocycles. The number of likely N-dealkylation sites (tertiary alicyclic amines) is 1. The molecule has 9 nitrogen and oxygen atoms in total. The van der Waals surface area contributed by atoms with Gasteiger partial charge in [-0.25, -0.2) is 9.79 Å². The van der Waals surface area contributed by atoms with E-state index in [0.29, 0.717) is 28.2 Å². The number of carboxylic acids is 1. The molecule has 4 rings (SSSR count). The first-order chi connectivity index (χ1) is 21.1. The molecule has 3 aromatic rings. The lowest BCUT2D eigenvalue weighted by molar-refractivity contribution is -0.274. The van der Waals surface area contributed by atoms with Crippen molar-refractivity contribution in [3.8, 4) is 17.2 Å². The molecular weight excluding hydrogens is 581 g/mol. The summed E-state index contributed by atoms with van der Waals surface area (Å²) in [5.41, 5.74) is 2.71. The summed E-state index contributed by atoms with van der Waals surface area (Å²) in [4.78, 5) is 30.0. The van der Waals surface area contributed by atoms with Crippen LogP contribution in [-0.2, 0) is 22.7 Å². The molecule has 1 N–H and O–H groups in total. The summed E-state index contributed by atoms with van der Waals surface area (Å²) < 4.78 is 58.4. The highest BCUT2D eigenvalue weighted by Crippen LogP contribution is 2.25. The van der Waals surface area contributed by atoms with E-state index in [1.165, 1.54) is 24.3 Å². The van der Waals surface area contributed by atoms with Gasteiger partial charge in [-0.2, -0.15) is 0 Å². The van der Waals surface area contributed by atoms with Crippen molar-refractivity contribution in [2.24, 2.45) is 4.99 Å². The Kier molecular flexibility index (Phi) is 11.1. The number of alkyl halides is 3. The molecule has 234 valence electrons. The summed E-state index contributed by atoms with van der Waals surface area (Å²) >= 11 is 0. The molecule has 44 heavy (non-hydrogen) atoms. The van der Waals surface area contributed by atoms with E-state index in [2.05, 4.69) is 9.73 Å². The SMILES string of the molecule is Cc1cc(OCC(=NCc2ccc(C(=O)N3CCCCC3)cc2)OCc2ccc(OC(F)(F)F)cc2)ccc1OCC(=O)O. The number of halogens is 3. The Morgan fingerprint density at radius 3 is 2.16 bits per heavy atom.